The van der Waals surface area contributed by atoms with Gasteiger partial charge in [0.2, 0.25) is 0 Å². The molecule has 0 atom stereocenters. The number of aromatic carboxylic acids is 1. The van der Waals surface area contributed by atoms with E-state index in [9.17, 15) is 9.59 Å². The van der Waals surface area contributed by atoms with E-state index in [0.29, 0.717) is 10.6 Å². The van der Waals surface area contributed by atoms with E-state index < -0.39 is 5.97 Å². The van der Waals surface area contributed by atoms with Gasteiger partial charge >= 0.3 is 5.97 Å². The van der Waals surface area contributed by atoms with Crippen molar-refractivity contribution in [2.24, 2.45) is 0 Å². The number of ether oxygens (including phenoxy) is 1. The molecule has 110 valence electrons. The quantitative estimate of drug-likeness (QED) is 0.901. The van der Waals surface area contributed by atoms with Crippen LogP contribution in [0.25, 0.3) is 0 Å². The first-order valence-corrected chi connectivity index (χ1v) is 7.02. The molecule has 0 aliphatic heterocycles. The molecule has 0 aliphatic rings. The van der Waals surface area contributed by atoms with E-state index >= 15 is 0 Å². The summed E-state index contributed by atoms with van der Waals surface area (Å²) in [5.74, 6) is -1.41. The average molecular weight is 327 g/mol. The number of anilines is 1. The molecule has 1 aromatic carbocycles. The van der Waals surface area contributed by atoms with E-state index in [-0.39, 0.29) is 27.9 Å². The number of carboxylic acid groups (broad SMARTS) is 1. The van der Waals surface area contributed by atoms with Gasteiger partial charge in [0.15, 0.2) is 0 Å². The van der Waals surface area contributed by atoms with Crippen LogP contribution < -0.4 is 10.1 Å². The summed E-state index contributed by atoms with van der Waals surface area (Å²) in [4.78, 5) is 27.6. The van der Waals surface area contributed by atoms with Gasteiger partial charge in [-0.05, 0) is 13.0 Å². The van der Waals surface area contributed by atoms with Crippen LogP contribution in [0.2, 0.25) is 5.02 Å². The highest BCUT2D eigenvalue weighted by Gasteiger charge is 2.18. The van der Waals surface area contributed by atoms with Crippen LogP contribution in [0.3, 0.4) is 0 Å². The number of amides is 1. The van der Waals surface area contributed by atoms with Crippen LogP contribution in [0.15, 0.2) is 17.6 Å². The highest BCUT2D eigenvalue weighted by atomic mass is 35.5. The van der Waals surface area contributed by atoms with Gasteiger partial charge in [-0.15, -0.1) is 11.3 Å². The van der Waals surface area contributed by atoms with E-state index in [1.165, 1.54) is 30.6 Å². The van der Waals surface area contributed by atoms with Gasteiger partial charge in [-0.3, -0.25) is 4.79 Å². The normalized spacial score (nSPS) is 10.2. The second-order valence-electron chi connectivity index (χ2n) is 4.06. The Morgan fingerprint density at radius 3 is 2.67 bits per heavy atom. The third-order valence-electron chi connectivity index (χ3n) is 2.72. The van der Waals surface area contributed by atoms with Gasteiger partial charge in [-0.2, -0.15) is 0 Å². The molecule has 0 radical (unpaired) electrons. The molecule has 1 amide bonds. The number of methoxy groups -OCH3 is 1. The third-order valence-corrected chi connectivity index (χ3v) is 3.96. The molecule has 21 heavy (non-hydrogen) atoms. The average Bonchev–Trinajstić information content (AvgIpc) is 2.86. The molecule has 2 aromatic rings. The number of aryl methyl sites for hydroxylation is 1. The van der Waals surface area contributed by atoms with Gasteiger partial charge in [0, 0.05) is 6.07 Å². The molecule has 2 rings (SSSR count). The molecule has 8 heteroatoms. The van der Waals surface area contributed by atoms with E-state index in [1.807, 2.05) is 0 Å². The Balaban J connectivity index is 2.35. The fourth-order valence-electron chi connectivity index (χ4n) is 1.68. The fourth-order valence-corrected chi connectivity index (χ4v) is 2.59. The lowest BCUT2D eigenvalue weighted by Crippen LogP contribution is -2.12. The first-order chi connectivity index (χ1) is 9.93. The number of thiazole rings is 1. The minimum atomic E-state index is -1.16. The molecular formula is C13H11ClN2O4S. The van der Waals surface area contributed by atoms with Crippen molar-refractivity contribution in [2.75, 3.05) is 12.4 Å². The van der Waals surface area contributed by atoms with Crippen molar-refractivity contribution in [3.63, 3.8) is 0 Å². The Labute approximate surface area is 129 Å². The monoisotopic (exact) mass is 326 g/mol. The van der Waals surface area contributed by atoms with Crippen molar-refractivity contribution in [2.45, 2.75) is 6.92 Å². The summed E-state index contributed by atoms with van der Waals surface area (Å²) in [5, 5.41) is 11.8. The van der Waals surface area contributed by atoms with Crippen LogP contribution in [0, 0.1) is 6.92 Å². The third kappa shape index (κ3) is 3.14. The number of hydrogen-bond acceptors (Lipinski definition) is 5. The number of carbonyl (C=O) groups excluding carboxylic acids is 1. The van der Waals surface area contributed by atoms with Crippen LogP contribution in [-0.2, 0) is 0 Å². The SMILES string of the molecule is COc1cc(NC(=O)c2scnc2C)c(Cl)cc1C(=O)O. The maximum Gasteiger partial charge on any atom is 0.339 e. The van der Waals surface area contributed by atoms with Crippen LogP contribution in [0.4, 0.5) is 5.69 Å². The second-order valence-corrected chi connectivity index (χ2v) is 5.32. The second kappa shape index (κ2) is 6.11. The zero-order valence-electron chi connectivity index (χ0n) is 11.1. The number of carbonyl (C=O) groups is 2. The van der Waals surface area contributed by atoms with Gasteiger partial charge in [0.05, 0.1) is 29.0 Å². The molecule has 0 bridgehead atoms. The van der Waals surface area contributed by atoms with Crippen molar-refractivity contribution < 1.29 is 19.4 Å². The lowest BCUT2D eigenvalue weighted by atomic mass is 10.1. The number of nitrogens with zero attached hydrogens (tertiary/aromatic N) is 1. The number of carboxylic acids is 1. The maximum absolute atomic E-state index is 12.1. The lowest BCUT2D eigenvalue weighted by Gasteiger charge is -2.11. The van der Waals surface area contributed by atoms with Gasteiger partial charge in [0.1, 0.15) is 16.2 Å². The standard InChI is InChI=1S/C13H11ClN2O4S/c1-6-11(21-5-15-6)12(17)16-9-4-10(20-2)7(13(18)19)3-8(9)14/h3-5H,1-2H3,(H,16,17)(H,18,19). The molecule has 0 aliphatic carbocycles. The number of hydrogen-bond donors (Lipinski definition) is 2. The Kier molecular flexibility index (Phi) is 4.44. The van der Waals surface area contributed by atoms with Crippen LogP contribution in [0.1, 0.15) is 25.7 Å². The van der Waals surface area contributed by atoms with E-state index in [4.69, 9.17) is 21.4 Å². The Morgan fingerprint density at radius 2 is 2.14 bits per heavy atom. The molecule has 0 saturated carbocycles. The molecular weight excluding hydrogens is 316 g/mol. The molecule has 0 fully saturated rings. The summed E-state index contributed by atoms with van der Waals surface area (Å²) < 4.78 is 5.00. The summed E-state index contributed by atoms with van der Waals surface area (Å²) in [6.45, 7) is 1.72. The zero-order valence-corrected chi connectivity index (χ0v) is 12.7. The summed E-state index contributed by atoms with van der Waals surface area (Å²) in [5.41, 5.74) is 2.38. The molecule has 6 nitrogen and oxygen atoms in total. The van der Waals surface area contributed by atoms with Gasteiger partial charge in [-0.25, -0.2) is 9.78 Å². The topological polar surface area (TPSA) is 88.5 Å². The smallest absolute Gasteiger partial charge is 0.339 e. The predicted octanol–water partition coefficient (Wildman–Crippen LogP) is 3.06. The number of aromatic nitrogens is 1. The summed E-state index contributed by atoms with van der Waals surface area (Å²) in [6, 6.07) is 2.61. The number of nitrogens with one attached hydrogen (secondary N) is 1. The number of benzene rings is 1. The Bertz CT molecular complexity index is 714. The van der Waals surface area contributed by atoms with Crippen molar-refractivity contribution >= 4 is 40.5 Å². The van der Waals surface area contributed by atoms with E-state index in [1.54, 1.807) is 12.4 Å². The highest BCUT2D eigenvalue weighted by molar-refractivity contribution is 7.12. The maximum atomic E-state index is 12.1. The summed E-state index contributed by atoms with van der Waals surface area (Å²) in [6.07, 6.45) is 0. The molecule has 1 heterocycles. The van der Waals surface area contributed by atoms with Crippen molar-refractivity contribution in [3.8, 4) is 5.75 Å². The molecule has 1 aromatic heterocycles. The molecule has 0 spiro atoms. The van der Waals surface area contributed by atoms with E-state index in [0.717, 1.165) is 0 Å². The van der Waals surface area contributed by atoms with Crippen molar-refractivity contribution in [1.82, 2.24) is 4.98 Å². The zero-order chi connectivity index (χ0) is 15.6. The largest absolute Gasteiger partial charge is 0.496 e. The van der Waals surface area contributed by atoms with Gasteiger partial charge in [-0.1, -0.05) is 11.6 Å². The van der Waals surface area contributed by atoms with Gasteiger partial charge in [0.25, 0.3) is 5.91 Å². The summed E-state index contributed by atoms with van der Waals surface area (Å²) in [7, 11) is 1.34. The minimum absolute atomic E-state index is 0.0746. The van der Waals surface area contributed by atoms with Crippen molar-refractivity contribution in [1.29, 1.82) is 0 Å². The minimum Gasteiger partial charge on any atom is -0.496 e. The van der Waals surface area contributed by atoms with Crippen LogP contribution in [-0.4, -0.2) is 29.1 Å². The van der Waals surface area contributed by atoms with Crippen LogP contribution in [0.5, 0.6) is 5.75 Å². The Morgan fingerprint density at radius 1 is 1.43 bits per heavy atom. The lowest BCUT2D eigenvalue weighted by molar-refractivity contribution is 0.0693. The molecule has 0 unspecified atom stereocenters. The highest BCUT2D eigenvalue weighted by Crippen LogP contribution is 2.31. The summed E-state index contributed by atoms with van der Waals surface area (Å²) >= 11 is 7.21. The van der Waals surface area contributed by atoms with Gasteiger partial charge < -0.3 is 15.2 Å². The van der Waals surface area contributed by atoms with Crippen LogP contribution >= 0.6 is 22.9 Å². The van der Waals surface area contributed by atoms with E-state index in [2.05, 4.69) is 10.3 Å². The Hall–Kier alpha value is -2.12. The first-order valence-electron chi connectivity index (χ1n) is 5.76. The number of rotatable bonds is 4. The fraction of sp³-hybridized carbons (Fsp3) is 0.154. The first kappa shape index (κ1) is 15.3. The molecule has 2 N–H and O–H groups in total. The predicted molar refractivity (Wildman–Crippen MR) is 79.8 cm³/mol. The molecule has 0 saturated heterocycles. The van der Waals surface area contributed by atoms with Crippen molar-refractivity contribution in [3.05, 3.63) is 38.8 Å². The number of halogens is 1.